The van der Waals surface area contributed by atoms with Crippen molar-refractivity contribution in [2.24, 2.45) is 0 Å². The van der Waals surface area contributed by atoms with Crippen LogP contribution in [0.3, 0.4) is 0 Å². The summed E-state index contributed by atoms with van der Waals surface area (Å²) in [6, 6.07) is 12.8. The third-order valence-corrected chi connectivity index (χ3v) is 4.01. The first-order valence-electron chi connectivity index (χ1n) is 7.10. The molecular weight excluding hydrogens is 294 g/mol. The summed E-state index contributed by atoms with van der Waals surface area (Å²) < 4.78 is 0. The van der Waals surface area contributed by atoms with Crippen LogP contribution in [0.25, 0.3) is 0 Å². The molecule has 0 aromatic heterocycles. The van der Waals surface area contributed by atoms with Gasteiger partial charge in [-0.3, -0.25) is 19.7 Å². The highest BCUT2D eigenvalue weighted by molar-refractivity contribution is 6.26. The van der Waals surface area contributed by atoms with Crippen LogP contribution in [-0.2, 0) is 6.42 Å². The van der Waals surface area contributed by atoms with Crippen LogP contribution in [0.4, 0.5) is 5.69 Å². The zero-order valence-corrected chi connectivity index (χ0v) is 12.4. The molecule has 1 aliphatic carbocycles. The van der Waals surface area contributed by atoms with Crippen LogP contribution in [0, 0.1) is 10.1 Å². The maximum Gasteiger partial charge on any atom is 0.269 e. The molecule has 114 valence electrons. The van der Waals surface area contributed by atoms with Crippen LogP contribution >= 0.6 is 0 Å². The second-order valence-corrected chi connectivity index (χ2v) is 5.41. The molecule has 2 aromatic carbocycles. The minimum Gasteiger partial charge on any atom is -0.289 e. The van der Waals surface area contributed by atoms with E-state index in [0.29, 0.717) is 22.3 Å². The molecule has 0 spiro atoms. The van der Waals surface area contributed by atoms with Crippen molar-refractivity contribution in [3.8, 4) is 0 Å². The van der Waals surface area contributed by atoms with Crippen LogP contribution < -0.4 is 0 Å². The number of non-ortho nitro benzene ring substituents is 1. The van der Waals surface area contributed by atoms with Crippen LogP contribution in [0.15, 0.2) is 59.7 Å². The molecule has 0 amide bonds. The number of carbonyl (C=O) groups excluding carboxylic acids is 2. The summed E-state index contributed by atoms with van der Waals surface area (Å²) in [7, 11) is 0. The number of allylic oxidation sites excluding steroid dienone is 2. The van der Waals surface area contributed by atoms with E-state index in [9.17, 15) is 19.7 Å². The van der Waals surface area contributed by atoms with Crippen molar-refractivity contribution in [3.63, 3.8) is 0 Å². The molecule has 3 rings (SSSR count). The maximum absolute atomic E-state index is 12.6. The molecule has 5 heteroatoms. The Morgan fingerprint density at radius 1 is 0.913 bits per heavy atom. The van der Waals surface area contributed by atoms with Crippen molar-refractivity contribution >= 4 is 17.3 Å². The van der Waals surface area contributed by atoms with Gasteiger partial charge in [0.05, 0.1) is 4.92 Å². The Balaban J connectivity index is 1.96. The van der Waals surface area contributed by atoms with Gasteiger partial charge in [-0.25, -0.2) is 0 Å². The number of Topliss-reactive ketones (excluding diaryl/α,β-unsaturated/α-hetero) is 2. The Hall–Kier alpha value is -3.08. The van der Waals surface area contributed by atoms with Gasteiger partial charge >= 0.3 is 0 Å². The van der Waals surface area contributed by atoms with E-state index in [1.54, 1.807) is 43.3 Å². The van der Waals surface area contributed by atoms with Gasteiger partial charge in [-0.2, -0.15) is 0 Å². The van der Waals surface area contributed by atoms with E-state index in [1.807, 2.05) is 0 Å². The molecule has 0 saturated heterocycles. The molecular formula is C18H13NO4. The largest absolute Gasteiger partial charge is 0.289 e. The number of hydrogen-bond donors (Lipinski definition) is 0. The van der Waals surface area contributed by atoms with E-state index < -0.39 is 4.92 Å². The molecule has 5 nitrogen and oxygen atoms in total. The fourth-order valence-corrected chi connectivity index (χ4v) is 2.70. The summed E-state index contributed by atoms with van der Waals surface area (Å²) in [5.74, 6) is -0.298. The number of carbonyl (C=O) groups is 2. The topological polar surface area (TPSA) is 77.3 Å². The summed E-state index contributed by atoms with van der Waals surface area (Å²) in [6.07, 6.45) is 0.280. The molecule has 0 atom stereocenters. The summed E-state index contributed by atoms with van der Waals surface area (Å²) in [5.41, 5.74) is 2.48. The van der Waals surface area contributed by atoms with E-state index in [1.165, 1.54) is 12.1 Å². The highest BCUT2D eigenvalue weighted by Crippen LogP contribution is 2.28. The van der Waals surface area contributed by atoms with Gasteiger partial charge in [0.15, 0.2) is 11.6 Å². The molecule has 0 N–H and O–H groups in total. The number of nitro groups is 1. The normalized spacial score (nSPS) is 14.0. The van der Waals surface area contributed by atoms with Gasteiger partial charge in [0.25, 0.3) is 5.69 Å². The van der Waals surface area contributed by atoms with E-state index >= 15 is 0 Å². The van der Waals surface area contributed by atoms with Gasteiger partial charge in [-0.05, 0) is 12.5 Å². The van der Waals surface area contributed by atoms with Crippen LogP contribution in [0.2, 0.25) is 0 Å². The number of nitro benzene ring substituents is 1. The number of fused-ring (bicyclic) bond motifs is 1. The van der Waals surface area contributed by atoms with Crippen molar-refractivity contribution in [3.05, 3.63) is 86.5 Å². The third-order valence-electron chi connectivity index (χ3n) is 4.01. The minimum atomic E-state index is -0.472. The van der Waals surface area contributed by atoms with Gasteiger partial charge in [0, 0.05) is 40.8 Å². The first kappa shape index (κ1) is 14.8. The van der Waals surface area contributed by atoms with Crippen molar-refractivity contribution in [2.45, 2.75) is 13.3 Å². The van der Waals surface area contributed by atoms with E-state index in [-0.39, 0.29) is 23.7 Å². The van der Waals surface area contributed by atoms with Gasteiger partial charge in [-0.15, -0.1) is 0 Å². The lowest BCUT2D eigenvalue weighted by molar-refractivity contribution is -0.384. The van der Waals surface area contributed by atoms with Crippen LogP contribution in [0.5, 0.6) is 0 Å². The molecule has 0 fully saturated rings. The number of ketones is 2. The Morgan fingerprint density at radius 2 is 1.48 bits per heavy atom. The lowest BCUT2D eigenvalue weighted by atomic mass is 9.82. The molecule has 2 aromatic rings. The summed E-state index contributed by atoms with van der Waals surface area (Å²) in [6.45, 7) is 1.65. The van der Waals surface area contributed by atoms with Crippen LogP contribution in [-0.4, -0.2) is 16.5 Å². The quantitative estimate of drug-likeness (QED) is 0.642. The predicted octanol–water partition coefficient (Wildman–Crippen LogP) is 3.53. The van der Waals surface area contributed by atoms with Crippen LogP contribution in [0.1, 0.15) is 33.2 Å². The van der Waals surface area contributed by atoms with E-state index in [0.717, 1.165) is 5.56 Å². The molecule has 23 heavy (non-hydrogen) atoms. The second-order valence-electron chi connectivity index (χ2n) is 5.41. The zero-order valence-electron chi connectivity index (χ0n) is 12.4. The molecule has 1 aliphatic rings. The van der Waals surface area contributed by atoms with Gasteiger partial charge in [0.2, 0.25) is 0 Å². The monoisotopic (exact) mass is 307 g/mol. The first-order chi connectivity index (χ1) is 11.0. The summed E-state index contributed by atoms with van der Waals surface area (Å²) in [4.78, 5) is 35.3. The number of rotatable bonds is 3. The Kier molecular flexibility index (Phi) is 3.62. The average Bonchev–Trinajstić information content (AvgIpc) is 2.57. The maximum atomic E-state index is 12.6. The number of hydrogen-bond acceptors (Lipinski definition) is 4. The Labute approximate surface area is 132 Å². The smallest absolute Gasteiger partial charge is 0.269 e. The lowest BCUT2D eigenvalue weighted by Gasteiger charge is -2.19. The second kappa shape index (κ2) is 5.61. The Morgan fingerprint density at radius 3 is 2.04 bits per heavy atom. The SMILES string of the molecule is CC1=C(Cc2ccc([N+](=O)[O-])cc2)C(=O)c2ccccc2C1=O. The minimum absolute atomic E-state index is 0.00385. The van der Waals surface area contributed by atoms with E-state index in [2.05, 4.69) is 0 Å². The highest BCUT2D eigenvalue weighted by atomic mass is 16.6. The lowest BCUT2D eigenvalue weighted by Crippen LogP contribution is -2.22. The van der Waals surface area contributed by atoms with Crippen molar-refractivity contribution < 1.29 is 14.5 Å². The molecule has 0 unspecified atom stereocenters. The predicted molar refractivity (Wildman–Crippen MR) is 84.6 cm³/mol. The molecule has 0 saturated carbocycles. The number of benzene rings is 2. The third kappa shape index (κ3) is 2.57. The van der Waals surface area contributed by atoms with Gasteiger partial charge in [0.1, 0.15) is 0 Å². The molecule has 0 aliphatic heterocycles. The molecule has 0 radical (unpaired) electrons. The van der Waals surface area contributed by atoms with Gasteiger partial charge in [-0.1, -0.05) is 36.4 Å². The summed E-state index contributed by atoms with van der Waals surface area (Å²) >= 11 is 0. The fraction of sp³-hybridized carbons (Fsp3) is 0.111. The zero-order chi connectivity index (χ0) is 16.6. The number of nitrogens with zero attached hydrogens (tertiary/aromatic N) is 1. The average molecular weight is 307 g/mol. The van der Waals surface area contributed by atoms with E-state index in [4.69, 9.17) is 0 Å². The highest BCUT2D eigenvalue weighted by Gasteiger charge is 2.29. The van der Waals surface area contributed by atoms with Crippen molar-refractivity contribution in [2.75, 3.05) is 0 Å². The summed E-state index contributed by atoms with van der Waals surface area (Å²) in [5, 5.41) is 10.7. The van der Waals surface area contributed by atoms with Crippen molar-refractivity contribution in [1.29, 1.82) is 0 Å². The standard InChI is InChI=1S/C18H13NO4/c1-11-16(10-12-6-8-13(9-7-12)19(22)23)18(21)15-5-3-2-4-14(15)17(11)20/h2-9H,10H2,1H3. The fourth-order valence-electron chi connectivity index (χ4n) is 2.70. The molecule has 0 bridgehead atoms. The van der Waals surface area contributed by atoms with Gasteiger partial charge < -0.3 is 0 Å². The first-order valence-corrected chi connectivity index (χ1v) is 7.10. The Bertz CT molecular complexity index is 863. The van der Waals surface area contributed by atoms with Crippen molar-refractivity contribution in [1.82, 2.24) is 0 Å². The molecule has 0 heterocycles.